The van der Waals surface area contributed by atoms with Crippen molar-refractivity contribution in [2.45, 2.75) is 25.3 Å². The Morgan fingerprint density at radius 2 is 1.96 bits per heavy atom. The highest BCUT2D eigenvalue weighted by atomic mass is 32.1. The van der Waals surface area contributed by atoms with Gasteiger partial charge < -0.3 is 4.74 Å². The second-order valence-electron chi connectivity index (χ2n) is 5.94. The number of thiophene rings is 1. The first-order valence-electron chi connectivity index (χ1n) is 7.86. The zero-order chi connectivity index (χ0) is 16.7. The van der Waals surface area contributed by atoms with Crippen molar-refractivity contribution in [3.63, 3.8) is 0 Å². The lowest BCUT2D eigenvalue weighted by Gasteiger charge is -2.11. The Bertz CT molecular complexity index is 824. The first-order chi connectivity index (χ1) is 11.6. The SMILES string of the molecule is O=C(OCCc1cccs1)c1ccc2c(c1)C(=O)N(C1CC1)C2=O. The van der Waals surface area contributed by atoms with Crippen molar-refractivity contribution in [1.29, 1.82) is 0 Å². The van der Waals surface area contributed by atoms with Crippen LogP contribution in [0.3, 0.4) is 0 Å². The van der Waals surface area contributed by atoms with E-state index in [-0.39, 0.29) is 24.5 Å². The van der Waals surface area contributed by atoms with E-state index in [4.69, 9.17) is 4.74 Å². The molecule has 2 amide bonds. The molecule has 2 aromatic rings. The number of amides is 2. The monoisotopic (exact) mass is 341 g/mol. The number of fused-ring (bicyclic) bond motifs is 1. The van der Waals surface area contributed by atoms with E-state index in [0.29, 0.717) is 23.1 Å². The van der Waals surface area contributed by atoms with Gasteiger partial charge in [0.15, 0.2) is 0 Å². The van der Waals surface area contributed by atoms with Gasteiger partial charge in [-0.15, -0.1) is 11.3 Å². The molecule has 0 atom stereocenters. The molecule has 6 heteroatoms. The number of imide groups is 1. The summed E-state index contributed by atoms with van der Waals surface area (Å²) in [7, 11) is 0. The van der Waals surface area contributed by atoms with Crippen LogP contribution in [-0.4, -0.2) is 35.3 Å². The Morgan fingerprint density at radius 1 is 1.17 bits per heavy atom. The van der Waals surface area contributed by atoms with Crippen molar-refractivity contribution in [2.24, 2.45) is 0 Å². The molecule has 4 rings (SSSR count). The van der Waals surface area contributed by atoms with Gasteiger partial charge in [0, 0.05) is 17.3 Å². The molecule has 2 aliphatic rings. The predicted octanol–water partition coefficient (Wildman–Crippen LogP) is 2.91. The Labute approximate surface area is 142 Å². The highest BCUT2D eigenvalue weighted by molar-refractivity contribution is 7.09. The van der Waals surface area contributed by atoms with Crippen LogP contribution in [0.2, 0.25) is 0 Å². The maximum Gasteiger partial charge on any atom is 0.338 e. The largest absolute Gasteiger partial charge is 0.462 e. The van der Waals surface area contributed by atoms with Crippen molar-refractivity contribution >= 4 is 29.1 Å². The van der Waals surface area contributed by atoms with E-state index in [0.717, 1.165) is 17.7 Å². The van der Waals surface area contributed by atoms with Crippen LogP contribution in [0.1, 0.15) is 48.8 Å². The molecule has 1 aliphatic carbocycles. The molecule has 1 saturated carbocycles. The number of carbonyl (C=O) groups excluding carboxylic acids is 3. The predicted molar refractivity (Wildman–Crippen MR) is 88.3 cm³/mol. The molecular weight excluding hydrogens is 326 g/mol. The number of hydrogen-bond donors (Lipinski definition) is 0. The topological polar surface area (TPSA) is 63.7 Å². The fourth-order valence-electron chi connectivity index (χ4n) is 2.83. The van der Waals surface area contributed by atoms with E-state index < -0.39 is 5.97 Å². The van der Waals surface area contributed by atoms with Crippen molar-refractivity contribution < 1.29 is 19.1 Å². The molecule has 2 heterocycles. The van der Waals surface area contributed by atoms with Crippen LogP contribution in [0.5, 0.6) is 0 Å². The lowest BCUT2D eigenvalue weighted by atomic mass is 10.1. The molecule has 1 aromatic carbocycles. The van der Waals surface area contributed by atoms with Crippen molar-refractivity contribution in [3.8, 4) is 0 Å². The summed E-state index contributed by atoms with van der Waals surface area (Å²) in [5.74, 6) is -1.03. The summed E-state index contributed by atoms with van der Waals surface area (Å²) in [4.78, 5) is 39.3. The van der Waals surface area contributed by atoms with Crippen LogP contribution in [0.25, 0.3) is 0 Å². The lowest BCUT2D eigenvalue weighted by Crippen LogP contribution is -2.31. The zero-order valence-corrected chi connectivity index (χ0v) is 13.7. The van der Waals surface area contributed by atoms with Crippen LogP contribution in [0.4, 0.5) is 0 Å². The summed E-state index contributed by atoms with van der Waals surface area (Å²) in [6.45, 7) is 0.289. The second kappa shape index (κ2) is 5.87. The molecule has 5 nitrogen and oxygen atoms in total. The van der Waals surface area contributed by atoms with Gasteiger partial charge in [-0.2, -0.15) is 0 Å². The van der Waals surface area contributed by atoms with Crippen molar-refractivity contribution in [3.05, 3.63) is 57.3 Å². The fourth-order valence-corrected chi connectivity index (χ4v) is 3.52. The Hall–Kier alpha value is -2.47. The van der Waals surface area contributed by atoms with Gasteiger partial charge in [-0.1, -0.05) is 6.07 Å². The van der Waals surface area contributed by atoms with Gasteiger partial charge >= 0.3 is 5.97 Å². The molecule has 0 saturated heterocycles. The summed E-state index contributed by atoms with van der Waals surface area (Å²) in [5.41, 5.74) is 0.986. The average molecular weight is 341 g/mol. The van der Waals surface area contributed by atoms with E-state index in [1.165, 1.54) is 11.0 Å². The Kier molecular flexibility index (Phi) is 3.69. The summed E-state index contributed by atoms with van der Waals surface area (Å²) < 4.78 is 5.27. The highest BCUT2D eigenvalue weighted by Gasteiger charge is 2.44. The number of esters is 1. The average Bonchev–Trinajstić information content (AvgIpc) is 3.21. The first kappa shape index (κ1) is 15.1. The number of hydrogen-bond acceptors (Lipinski definition) is 5. The molecule has 0 unspecified atom stereocenters. The Morgan fingerprint density at radius 3 is 2.67 bits per heavy atom. The standard InChI is InChI=1S/C18H15NO4S/c20-16-14-6-3-11(10-15(14)17(21)19(16)12-4-5-12)18(22)23-8-7-13-2-1-9-24-13/h1-3,6,9-10,12H,4-5,7-8H2. The van der Waals surface area contributed by atoms with Gasteiger partial charge in [-0.05, 0) is 42.5 Å². The third-order valence-electron chi connectivity index (χ3n) is 4.23. The van der Waals surface area contributed by atoms with Crippen molar-refractivity contribution in [2.75, 3.05) is 6.61 Å². The van der Waals surface area contributed by atoms with Gasteiger partial charge in [-0.25, -0.2) is 4.79 Å². The minimum absolute atomic E-state index is 0.0265. The van der Waals surface area contributed by atoms with Crippen LogP contribution in [-0.2, 0) is 11.2 Å². The van der Waals surface area contributed by atoms with E-state index in [1.54, 1.807) is 23.5 Å². The molecule has 1 aromatic heterocycles. The second-order valence-corrected chi connectivity index (χ2v) is 6.97. The van der Waals surface area contributed by atoms with Crippen LogP contribution >= 0.6 is 11.3 Å². The highest BCUT2D eigenvalue weighted by Crippen LogP contribution is 2.34. The summed E-state index contributed by atoms with van der Waals surface area (Å²) in [6, 6.07) is 8.55. The molecule has 1 aliphatic heterocycles. The molecule has 122 valence electrons. The molecule has 0 bridgehead atoms. The smallest absolute Gasteiger partial charge is 0.338 e. The molecule has 24 heavy (non-hydrogen) atoms. The van der Waals surface area contributed by atoms with Crippen LogP contribution in [0, 0.1) is 0 Å². The van der Waals surface area contributed by atoms with E-state index in [1.807, 2.05) is 17.5 Å². The fraction of sp³-hybridized carbons (Fsp3) is 0.278. The van der Waals surface area contributed by atoms with Crippen LogP contribution < -0.4 is 0 Å². The minimum Gasteiger partial charge on any atom is -0.462 e. The molecule has 1 fully saturated rings. The van der Waals surface area contributed by atoms with Gasteiger partial charge in [0.1, 0.15) is 0 Å². The summed E-state index contributed by atoms with van der Waals surface area (Å²) in [5, 5.41) is 1.98. The van der Waals surface area contributed by atoms with E-state index in [9.17, 15) is 14.4 Å². The number of rotatable bonds is 5. The third kappa shape index (κ3) is 2.63. The molecule has 0 radical (unpaired) electrons. The lowest BCUT2D eigenvalue weighted by molar-refractivity contribution is 0.0509. The van der Waals surface area contributed by atoms with Gasteiger partial charge in [0.05, 0.1) is 23.3 Å². The van der Waals surface area contributed by atoms with E-state index >= 15 is 0 Å². The zero-order valence-electron chi connectivity index (χ0n) is 12.9. The normalized spacial score (nSPS) is 16.4. The Balaban J connectivity index is 1.46. The first-order valence-corrected chi connectivity index (χ1v) is 8.74. The maximum atomic E-state index is 12.4. The maximum absolute atomic E-state index is 12.4. The quantitative estimate of drug-likeness (QED) is 0.620. The molecule has 0 N–H and O–H groups in total. The number of carbonyl (C=O) groups is 3. The van der Waals surface area contributed by atoms with E-state index in [2.05, 4.69) is 0 Å². The minimum atomic E-state index is -0.473. The number of ether oxygens (including phenoxy) is 1. The van der Waals surface area contributed by atoms with Gasteiger partial charge in [-0.3, -0.25) is 14.5 Å². The van der Waals surface area contributed by atoms with Gasteiger partial charge in [0.2, 0.25) is 0 Å². The molecule has 0 spiro atoms. The van der Waals surface area contributed by atoms with Gasteiger partial charge in [0.25, 0.3) is 11.8 Å². The summed E-state index contributed by atoms with van der Waals surface area (Å²) >= 11 is 1.62. The molecular formula is C18H15NO4S. The number of benzene rings is 1. The summed E-state index contributed by atoms with van der Waals surface area (Å²) in [6.07, 6.45) is 2.40. The number of nitrogens with zero attached hydrogens (tertiary/aromatic N) is 1. The van der Waals surface area contributed by atoms with Crippen LogP contribution in [0.15, 0.2) is 35.7 Å². The third-order valence-corrected chi connectivity index (χ3v) is 5.16. The van der Waals surface area contributed by atoms with Crippen molar-refractivity contribution in [1.82, 2.24) is 4.90 Å².